The Hall–Kier alpha value is -6.33. The molecule has 5 nitrogen and oxygen atoms in total. The number of hydrogen-bond donors (Lipinski definition) is 0. The highest BCUT2D eigenvalue weighted by Gasteiger charge is 2.24. The van der Waals surface area contributed by atoms with Crippen LogP contribution in [-0.2, 0) is 0 Å². The van der Waals surface area contributed by atoms with Crippen LogP contribution in [0.3, 0.4) is 0 Å². The highest BCUT2D eigenvalue weighted by atomic mass is 16.3. The topological polar surface area (TPSA) is 65.0 Å². The highest BCUT2D eigenvalue weighted by Crippen LogP contribution is 2.45. The fourth-order valence-electron chi connectivity index (χ4n) is 7.11. The van der Waals surface area contributed by atoms with E-state index in [1.165, 1.54) is 5.39 Å². The molecule has 1 aliphatic carbocycles. The number of benzene rings is 6. The van der Waals surface area contributed by atoms with Crippen LogP contribution in [0.2, 0.25) is 0 Å². The van der Waals surface area contributed by atoms with E-state index in [-0.39, 0.29) is 0 Å². The molecule has 0 radical (unpaired) electrons. The largest absolute Gasteiger partial charge is 0.456 e. The minimum Gasteiger partial charge on any atom is -0.456 e. The fourth-order valence-corrected chi connectivity index (χ4v) is 7.11. The molecule has 10 rings (SSSR count). The summed E-state index contributed by atoms with van der Waals surface area (Å²) in [4.78, 5) is 15.6. The van der Waals surface area contributed by atoms with E-state index in [2.05, 4.69) is 109 Å². The van der Waals surface area contributed by atoms with Crippen molar-refractivity contribution in [1.29, 1.82) is 0 Å². The van der Waals surface area contributed by atoms with E-state index in [1.54, 1.807) is 0 Å². The predicted octanol–water partition coefficient (Wildman–Crippen LogP) is 11.6. The van der Waals surface area contributed by atoms with Crippen LogP contribution >= 0.6 is 0 Å². The van der Waals surface area contributed by atoms with Crippen LogP contribution in [0.5, 0.6) is 0 Å². The summed E-state index contributed by atoms with van der Waals surface area (Å²) < 4.78 is 13.0. The van der Waals surface area contributed by atoms with Crippen molar-refractivity contribution in [2.75, 3.05) is 0 Å². The first-order valence-electron chi connectivity index (χ1n) is 16.3. The number of nitrogens with zero attached hydrogens (tertiary/aromatic N) is 3. The van der Waals surface area contributed by atoms with Gasteiger partial charge in [-0.1, -0.05) is 109 Å². The van der Waals surface area contributed by atoms with E-state index in [4.69, 9.17) is 23.8 Å². The van der Waals surface area contributed by atoms with Crippen LogP contribution in [0.25, 0.3) is 94.1 Å². The van der Waals surface area contributed by atoms with Crippen molar-refractivity contribution in [2.24, 2.45) is 0 Å². The molecule has 226 valence electrons. The van der Waals surface area contributed by atoms with Gasteiger partial charge in [0.05, 0.1) is 0 Å². The summed E-state index contributed by atoms with van der Waals surface area (Å²) in [6, 6.07) is 41.6. The van der Waals surface area contributed by atoms with Crippen molar-refractivity contribution < 1.29 is 8.83 Å². The number of para-hydroxylation sites is 3. The van der Waals surface area contributed by atoms with Crippen LogP contribution in [0, 0.1) is 0 Å². The molecule has 0 bridgehead atoms. The molecule has 0 unspecified atom stereocenters. The third-order valence-corrected chi connectivity index (χ3v) is 9.41. The van der Waals surface area contributed by atoms with E-state index in [0.717, 1.165) is 89.9 Å². The number of rotatable bonds is 4. The van der Waals surface area contributed by atoms with E-state index in [9.17, 15) is 0 Å². The van der Waals surface area contributed by atoms with Crippen molar-refractivity contribution in [2.45, 2.75) is 12.8 Å². The third-order valence-electron chi connectivity index (χ3n) is 9.41. The maximum atomic E-state index is 6.57. The van der Waals surface area contributed by atoms with Gasteiger partial charge in [0.1, 0.15) is 22.3 Å². The molecule has 6 aromatic carbocycles. The Bertz CT molecular complexity index is 2800. The summed E-state index contributed by atoms with van der Waals surface area (Å²) in [6.07, 6.45) is 8.20. The van der Waals surface area contributed by atoms with Crippen molar-refractivity contribution in [1.82, 2.24) is 15.0 Å². The lowest BCUT2D eigenvalue weighted by Gasteiger charge is -2.15. The quantitative estimate of drug-likeness (QED) is 0.197. The van der Waals surface area contributed by atoms with E-state index >= 15 is 0 Å². The van der Waals surface area contributed by atoms with Crippen LogP contribution in [0.15, 0.2) is 148 Å². The fraction of sp³-hybridized carbons (Fsp3) is 0.0465. The molecule has 3 aromatic heterocycles. The summed E-state index contributed by atoms with van der Waals surface area (Å²) in [5.74, 6) is 1.91. The van der Waals surface area contributed by atoms with Gasteiger partial charge in [-0.2, -0.15) is 0 Å². The van der Waals surface area contributed by atoms with Crippen LogP contribution < -0.4 is 0 Å². The molecule has 0 fully saturated rings. The van der Waals surface area contributed by atoms with Crippen molar-refractivity contribution in [3.05, 3.63) is 145 Å². The SMILES string of the molecule is C1=CCCC(c2nc(-c3ccc4ccccc4c3)nc(-c3c(-c4cccc5c4oc4ccccc45)ccc4oc5ccccc5c34)n2)=C1. The molecular formula is C43H27N3O2. The highest BCUT2D eigenvalue weighted by molar-refractivity contribution is 6.17. The Balaban J connectivity index is 1.31. The number of allylic oxidation sites excluding steroid dienone is 4. The lowest BCUT2D eigenvalue weighted by Crippen LogP contribution is -2.04. The van der Waals surface area contributed by atoms with Crippen molar-refractivity contribution >= 4 is 60.2 Å². The van der Waals surface area contributed by atoms with Crippen LogP contribution in [-0.4, -0.2) is 15.0 Å². The van der Waals surface area contributed by atoms with E-state index < -0.39 is 0 Å². The Kier molecular flexibility index (Phi) is 5.93. The average molecular weight is 618 g/mol. The maximum absolute atomic E-state index is 6.57. The zero-order valence-electron chi connectivity index (χ0n) is 25.9. The van der Waals surface area contributed by atoms with Gasteiger partial charge in [0.2, 0.25) is 0 Å². The molecule has 0 spiro atoms. The molecule has 9 aromatic rings. The molecule has 3 heterocycles. The molecule has 0 amide bonds. The number of aromatic nitrogens is 3. The molecule has 1 aliphatic rings. The van der Waals surface area contributed by atoms with Gasteiger partial charge in [-0.3, -0.25) is 0 Å². The standard InChI is InChI=1S/C43H27N3O2/c1-2-12-27(13-3-1)41-44-42(29-22-21-26-11-4-5-14-28(26)25-29)46-43(45-41)39-31(23-24-37-38(39)34-16-7-9-20-36(34)47-37)33-18-10-17-32-30-15-6-8-19-35(30)48-40(32)33/h1-2,4-12,14-25H,3,13H2. The number of fused-ring (bicyclic) bond motifs is 7. The van der Waals surface area contributed by atoms with Gasteiger partial charge in [-0.15, -0.1) is 0 Å². The summed E-state index contributed by atoms with van der Waals surface area (Å²) >= 11 is 0. The van der Waals surface area contributed by atoms with Gasteiger partial charge in [0.25, 0.3) is 0 Å². The molecule has 0 saturated carbocycles. The normalized spacial score (nSPS) is 13.3. The van der Waals surface area contributed by atoms with E-state index in [0.29, 0.717) is 17.5 Å². The summed E-state index contributed by atoms with van der Waals surface area (Å²) in [5, 5.41) is 6.44. The average Bonchev–Trinajstić information content (AvgIpc) is 3.73. The molecule has 0 N–H and O–H groups in total. The monoisotopic (exact) mass is 617 g/mol. The Morgan fingerprint density at radius 3 is 2.15 bits per heavy atom. The lowest BCUT2D eigenvalue weighted by atomic mass is 9.93. The maximum Gasteiger partial charge on any atom is 0.165 e. The van der Waals surface area contributed by atoms with Crippen LogP contribution in [0.4, 0.5) is 0 Å². The van der Waals surface area contributed by atoms with Crippen LogP contribution in [0.1, 0.15) is 18.7 Å². The molecule has 48 heavy (non-hydrogen) atoms. The second-order valence-corrected chi connectivity index (χ2v) is 12.3. The Labute approximate surface area is 275 Å². The molecule has 0 atom stereocenters. The lowest BCUT2D eigenvalue weighted by molar-refractivity contribution is 0.668. The second-order valence-electron chi connectivity index (χ2n) is 12.3. The number of hydrogen-bond acceptors (Lipinski definition) is 5. The van der Waals surface area contributed by atoms with E-state index in [1.807, 2.05) is 30.3 Å². The Morgan fingerprint density at radius 2 is 1.27 bits per heavy atom. The van der Waals surface area contributed by atoms with Gasteiger partial charge < -0.3 is 8.83 Å². The van der Waals surface area contributed by atoms with Gasteiger partial charge in [-0.05, 0) is 65.1 Å². The first kappa shape index (κ1) is 26.8. The van der Waals surface area contributed by atoms with Crippen molar-refractivity contribution in [3.63, 3.8) is 0 Å². The minimum atomic E-state index is 0.596. The zero-order chi connectivity index (χ0) is 31.6. The predicted molar refractivity (Wildman–Crippen MR) is 195 cm³/mol. The third kappa shape index (κ3) is 4.21. The van der Waals surface area contributed by atoms with Gasteiger partial charge in [-0.25, -0.2) is 15.0 Å². The zero-order valence-corrected chi connectivity index (χ0v) is 25.9. The summed E-state index contributed by atoms with van der Waals surface area (Å²) in [7, 11) is 0. The summed E-state index contributed by atoms with van der Waals surface area (Å²) in [6.45, 7) is 0. The van der Waals surface area contributed by atoms with Gasteiger partial charge in [0.15, 0.2) is 17.5 Å². The first-order valence-corrected chi connectivity index (χ1v) is 16.3. The van der Waals surface area contributed by atoms with Gasteiger partial charge >= 0.3 is 0 Å². The van der Waals surface area contributed by atoms with Gasteiger partial charge in [0, 0.05) is 38.2 Å². The number of furan rings is 2. The summed E-state index contributed by atoms with van der Waals surface area (Å²) in [5.41, 5.74) is 8.15. The molecular weight excluding hydrogens is 590 g/mol. The van der Waals surface area contributed by atoms with Crippen molar-refractivity contribution in [3.8, 4) is 33.9 Å². The first-order chi connectivity index (χ1) is 23.8. The smallest absolute Gasteiger partial charge is 0.165 e. The molecule has 5 heteroatoms. The second kappa shape index (κ2) is 10.6. The minimum absolute atomic E-state index is 0.596. The molecule has 0 aliphatic heterocycles. The Morgan fingerprint density at radius 1 is 0.521 bits per heavy atom. The molecule has 0 saturated heterocycles.